The van der Waals surface area contributed by atoms with E-state index in [1.165, 1.54) is 12.1 Å². The number of carbonyl (C=O) groups is 2. The fraction of sp³-hybridized carbons (Fsp3) is 0.136. The van der Waals surface area contributed by atoms with Gasteiger partial charge in [0.25, 0.3) is 5.91 Å². The quantitative estimate of drug-likeness (QED) is 0.405. The number of aromatic nitrogens is 1. The minimum Gasteiger partial charge on any atom is -0.484 e. The molecule has 2 aromatic heterocycles. The van der Waals surface area contributed by atoms with Crippen LogP contribution in [0.3, 0.4) is 0 Å². The molecule has 0 fully saturated rings. The molecule has 0 bridgehead atoms. The van der Waals surface area contributed by atoms with Gasteiger partial charge in [0.1, 0.15) is 17.4 Å². The Labute approximate surface area is 170 Å². The molecule has 3 N–H and O–H groups in total. The van der Waals surface area contributed by atoms with Crippen molar-refractivity contribution < 1.29 is 23.8 Å². The van der Waals surface area contributed by atoms with E-state index in [0.29, 0.717) is 11.3 Å². The zero-order chi connectivity index (χ0) is 21.1. The number of para-hydroxylation sites is 1. The van der Waals surface area contributed by atoms with Crippen molar-refractivity contribution in [1.82, 2.24) is 10.3 Å². The number of H-pyrrole nitrogens is 1. The van der Waals surface area contributed by atoms with Crippen LogP contribution in [0.4, 0.5) is 0 Å². The van der Waals surface area contributed by atoms with E-state index in [-0.39, 0.29) is 13.0 Å². The molecule has 0 aliphatic rings. The first-order chi connectivity index (χ1) is 14.5. The summed E-state index contributed by atoms with van der Waals surface area (Å²) in [5.41, 5.74) is 1.54. The number of hydrogen-bond donors (Lipinski definition) is 3. The molecule has 0 unspecified atom stereocenters. The first-order valence-corrected chi connectivity index (χ1v) is 9.23. The fourth-order valence-electron chi connectivity index (χ4n) is 3.24. The van der Waals surface area contributed by atoms with E-state index < -0.39 is 23.5 Å². The van der Waals surface area contributed by atoms with Crippen LogP contribution in [0.15, 0.2) is 70.0 Å². The molecule has 152 valence electrons. The summed E-state index contributed by atoms with van der Waals surface area (Å²) in [5, 5.41) is 13.6. The number of carbonyl (C=O) groups excluding carboxylic acids is 1. The van der Waals surface area contributed by atoms with Gasteiger partial charge in [0.2, 0.25) is 0 Å². The van der Waals surface area contributed by atoms with Gasteiger partial charge in [-0.2, -0.15) is 0 Å². The highest BCUT2D eigenvalue weighted by Gasteiger charge is 2.22. The highest BCUT2D eigenvalue weighted by atomic mass is 16.5. The van der Waals surface area contributed by atoms with Crippen LogP contribution in [0, 0.1) is 0 Å². The van der Waals surface area contributed by atoms with Gasteiger partial charge >= 0.3 is 11.6 Å². The second-order valence-corrected chi connectivity index (χ2v) is 6.76. The zero-order valence-corrected chi connectivity index (χ0v) is 15.8. The first-order valence-electron chi connectivity index (χ1n) is 9.23. The second kappa shape index (κ2) is 8.12. The maximum atomic E-state index is 12.3. The molecule has 1 amide bonds. The summed E-state index contributed by atoms with van der Waals surface area (Å²) in [6, 6.07) is 14.2. The Morgan fingerprint density at radius 2 is 1.93 bits per heavy atom. The van der Waals surface area contributed by atoms with E-state index in [1.54, 1.807) is 24.4 Å². The highest BCUT2D eigenvalue weighted by molar-refractivity contribution is 5.87. The summed E-state index contributed by atoms with van der Waals surface area (Å²) >= 11 is 0. The Kier molecular flexibility index (Phi) is 5.21. The predicted octanol–water partition coefficient (Wildman–Crippen LogP) is 2.47. The largest absolute Gasteiger partial charge is 0.484 e. The van der Waals surface area contributed by atoms with Crippen molar-refractivity contribution in [1.29, 1.82) is 0 Å². The normalized spacial score (nSPS) is 12.0. The van der Waals surface area contributed by atoms with Gasteiger partial charge in [0, 0.05) is 41.0 Å². The van der Waals surface area contributed by atoms with Gasteiger partial charge in [-0.1, -0.05) is 18.2 Å². The number of aromatic amines is 1. The molecule has 4 aromatic rings. The number of rotatable bonds is 7. The standard InChI is InChI=1S/C22H18N2O6/c25-20(12-29-15-7-5-13-6-8-21(26)30-19(13)10-15)24-18(22(27)28)9-14-11-23-17-4-2-1-3-16(14)17/h1-8,10-11,18,23H,9,12H2,(H,24,25)(H,27,28)/t18-/m0/s1. The van der Waals surface area contributed by atoms with Crippen molar-refractivity contribution in [3.8, 4) is 5.75 Å². The van der Waals surface area contributed by atoms with Crippen molar-refractivity contribution in [3.63, 3.8) is 0 Å². The van der Waals surface area contributed by atoms with E-state index in [1.807, 2.05) is 24.3 Å². The lowest BCUT2D eigenvalue weighted by Crippen LogP contribution is -2.44. The fourth-order valence-corrected chi connectivity index (χ4v) is 3.24. The number of ether oxygens (including phenoxy) is 1. The van der Waals surface area contributed by atoms with E-state index in [0.717, 1.165) is 21.9 Å². The number of carboxylic acid groups (broad SMARTS) is 1. The van der Waals surface area contributed by atoms with Gasteiger partial charge < -0.3 is 24.6 Å². The lowest BCUT2D eigenvalue weighted by Gasteiger charge is -2.15. The number of amides is 1. The molecular formula is C22H18N2O6. The second-order valence-electron chi connectivity index (χ2n) is 6.76. The maximum Gasteiger partial charge on any atom is 0.336 e. The zero-order valence-electron chi connectivity index (χ0n) is 15.8. The van der Waals surface area contributed by atoms with Gasteiger partial charge in [0.05, 0.1) is 0 Å². The van der Waals surface area contributed by atoms with Gasteiger partial charge in [0.15, 0.2) is 6.61 Å². The molecule has 8 nitrogen and oxygen atoms in total. The molecule has 0 saturated heterocycles. The van der Waals surface area contributed by atoms with Crippen LogP contribution in [-0.4, -0.2) is 34.6 Å². The molecule has 0 aliphatic heterocycles. The van der Waals surface area contributed by atoms with Gasteiger partial charge in [-0.25, -0.2) is 9.59 Å². The van der Waals surface area contributed by atoms with Crippen LogP contribution in [-0.2, 0) is 16.0 Å². The summed E-state index contributed by atoms with van der Waals surface area (Å²) in [5.74, 6) is -1.38. The van der Waals surface area contributed by atoms with Crippen LogP contribution < -0.4 is 15.7 Å². The lowest BCUT2D eigenvalue weighted by molar-refractivity contribution is -0.142. The lowest BCUT2D eigenvalue weighted by atomic mass is 10.1. The average Bonchev–Trinajstić information content (AvgIpc) is 3.14. The molecule has 1 atom stereocenters. The Hall–Kier alpha value is -4.07. The van der Waals surface area contributed by atoms with Crippen molar-refractivity contribution in [2.75, 3.05) is 6.61 Å². The molecule has 0 radical (unpaired) electrons. The van der Waals surface area contributed by atoms with E-state index in [9.17, 15) is 19.5 Å². The number of nitrogens with one attached hydrogen (secondary N) is 2. The van der Waals surface area contributed by atoms with Crippen LogP contribution in [0.25, 0.3) is 21.9 Å². The predicted molar refractivity (Wildman–Crippen MR) is 110 cm³/mol. The minimum absolute atomic E-state index is 0.131. The van der Waals surface area contributed by atoms with Crippen molar-refractivity contribution in [3.05, 3.63) is 76.8 Å². The highest BCUT2D eigenvalue weighted by Crippen LogP contribution is 2.20. The SMILES string of the molecule is O=C(COc1ccc2ccc(=O)oc2c1)N[C@@H](Cc1c[nH]c2ccccc12)C(=O)O. The van der Waals surface area contributed by atoms with Crippen molar-refractivity contribution >= 4 is 33.7 Å². The number of benzene rings is 2. The molecule has 0 saturated carbocycles. The molecule has 2 aromatic carbocycles. The van der Waals surface area contributed by atoms with Crippen LogP contribution in [0.5, 0.6) is 5.75 Å². The minimum atomic E-state index is -1.14. The molecular weight excluding hydrogens is 388 g/mol. The number of fused-ring (bicyclic) bond motifs is 2. The summed E-state index contributed by atoms with van der Waals surface area (Å²) in [6.07, 6.45) is 1.87. The number of hydrogen-bond acceptors (Lipinski definition) is 5. The van der Waals surface area contributed by atoms with Gasteiger partial charge in [-0.3, -0.25) is 4.79 Å². The van der Waals surface area contributed by atoms with Gasteiger partial charge in [-0.15, -0.1) is 0 Å². The molecule has 8 heteroatoms. The molecule has 4 rings (SSSR count). The topological polar surface area (TPSA) is 122 Å². The van der Waals surface area contributed by atoms with Crippen LogP contribution in [0.1, 0.15) is 5.56 Å². The van der Waals surface area contributed by atoms with Crippen molar-refractivity contribution in [2.45, 2.75) is 12.5 Å². The number of carboxylic acids is 1. The maximum absolute atomic E-state index is 12.3. The monoisotopic (exact) mass is 406 g/mol. The molecule has 2 heterocycles. The average molecular weight is 406 g/mol. The Bertz CT molecular complexity index is 1290. The third kappa shape index (κ3) is 4.17. The molecule has 30 heavy (non-hydrogen) atoms. The summed E-state index contributed by atoms with van der Waals surface area (Å²) in [7, 11) is 0. The Morgan fingerprint density at radius 1 is 1.13 bits per heavy atom. The molecule has 0 spiro atoms. The summed E-state index contributed by atoms with van der Waals surface area (Å²) in [6.45, 7) is -0.375. The van der Waals surface area contributed by atoms with E-state index in [2.05, 4.69) is 10.3 Å². The molecule has 0 aliphatic carbocycles. The summed E-state index contributed by atoms with van der Waals surface area (Å²) in [4.78, 5) is 38.3. The van der Waals surface area contributed by atoms with E-state index in [4.69, 9.17) is 9.15 Å². The van der Waals surface area contributed by atoms with Gasteiger partial charge in [-0.05, 0) is 29.8 Å². The van der Waals surface area contributed by atoms with Crippen LogP contribution >= 0.6 is 0 Å². The number of aliphatic carboxylic acids is 1. The van der Waals surface area contributed by atoms with E-state index >= 15 is 0 Å². The Morgan fingerprint density at radius 3 is 2.77 bits per heavy atom. The third-order valence-corrected chi connectivity index (χ3v) is 4.70. The smallest absolute Gasteiger partial charge is 0.336 e. The Balaban J connectivity index is 1.41. The summed E-state index contributed by atoms with van der Waals surface area (Å²) < 4.78 is 10.5. The third-order valence-electron chi connectivity index (χ3n) is 4.70. The first kappa shape index (κ1) is 19.3. The van der Waals surface area contributed by atoms with Crippen LogP contribution in [0.2, 0.25) is 0 Å². The van der Waals surface area contributed by atoms with Crippen molar-refractivity contribution in [2.24, 2.45) is 0 Å².